The van der Waals surface area contributed by atoms with Crippen LogP contribution in [0.5, 0.6) is 0 Å². The number of nitrogens with zero attached hydrogens (tertiary/aromatic N) is 1. The van der Waals surface area contributed by atoms with Gasteiger partial charge in [-0.2, -0.15) is 0 Å². The highest BCUT2D eigenvalue weighted by Crippen LogP contribution is 2.17. The van der Waals surface area contributed by atoms with Gasteiger partial charge in [-0.3, -0.25) is 15.1 Å². The average Bonchev–Trinajstić information content (AvgIpc) is 2.85. The molecule has 1 heterocycles. The van der Waals surface area contributed by atoms with Gasteiger partial charge in [0.15, 0.2) is 0 Å². The zero-order valence-corrected chi connectivity index (χ0v) is 11.5. The van der Waals surface area contributed by atoms with Gasteiger partial charge in [-0.15, -0.1) is 11.3 Å². The summed E-state index contributed by atoms with van der Waals surface area (Å²) in [5, 5.41) is 2.07. The molecule has 0 aromatic carbocycles. The predicted octanol–water partition coefficient (Wildman–Crippen LogP) is 1.58. The smallest absolute Gasteiger partial charge is 0.238 e. The van der Waals surface area contributed by atoms with Crippen LogP contribution in [0.15, 0.2) is 17.5 Å². The van der Waals surface area contributed by atoms with Crippen molar-refractivity contribution in [3.05, 3.63) is 22.4 Å². The first-order valence-electron chi connectivity index (χ1n) is 5.87. The van der Waals surface area contributed by atoms with Crippen LogP contribution in [0.4, 0.5) is 0 Å². The molecule has 3 N–H and O–H groups in total. The van der Waals surface area contributed by atoms with E-state index < -0.39 is 0 Å². The number of carbonyl (C=O) groups is 1. The third-order valence-corrected chi connectivity index (χ3v) is 4.06. The summed E-state index contributed by atoms with van der Waals surface area (Å²) < 4.78 is 0. The molecule has 0 radical (unpaired) electrons. The van der Waals surface area contributed by atoms with Gasteiger partial charge in [0.2, 0.25) is 5.91 Å². The Kier molecular flexibility index (Phi) is 5.61. The van der Waals surface area contributed by atoms with Crippen molar-refractivity contribution in [2.24, 2.45) is 11.8 Å². The fraction of sp³-hybridized carbons (Fsp3) is 0.583. The number of hydrogen-bond acceptors (Lipinski definition) is 4. The molecule has 0 fully saturated rings. The number of amides is 1. The van der Waals surface area contributed by atoms with Crippen molar-refractivity contribution >= 4 is 17.2 Å². The number of thiophene rings is 1. The Morgan fingerprint density at radius 1 is 1.59 bits per heavy atom. The maximum atomic E-state index is 11.5. The third-order valence-electron chi connectivity index (χ3n) is 3.20. The van der Waals surface area contributed by atoms with Crippen LogP contribution in [-0.2, 0) is 11.3 Å². The molecule has 0 bridgehead atoms. The summed E-state index contributed by atoms with van der Waals surface area (Å²) in [6.45, 7) is 7.89. The fourth-order valence-electron chi connectivity index (χ4n) is 1.81. The van der Waals surface area contributed by atoms with Crippen LogP contribution in [0, 0.1) is 5.92 Å². The summed E-state index contributed by atoms with van der Waals surface area (Å²) in [5.41, 5.74) is 2.22. The van der Waals surface area contributed by atoms with Gasteiger partial charge >= 0.3 is 0 Å². The number of nitrogens with two attached hydrogens (primary N) is 1. The molecular formula is C12H21N3OS. The first-order valence-corrected chi connectivity index (χ1v) is 6.75. The maximum Gasteiger partial charge on any atom is 0.238 e. The van der Waals surface area contributed by atoms with Gasteiger partial charge in [0, 0.05) is 17.5 Å². The monoisotopic (exact) mass is 255 g/mol. The summed E-state index contributed by atoms with van der Waals surface area (Å²) >= 11 is 1.74. The van der Waals surface area contributed by atoms with Crippen LogP contribution in [0.3, 0.4) is 0 Å². The normalized spacial score (nSPS) is 14.6. The highest BCUT2D eigenvalue weighted by Gasteiger charge is 2.24. The number of hydrogen-bond donors (Lipinski definition) is 2. The molecule has 2 unspecified atom stereocenters. The van der Waals surface area contributed by atoms with Crippen LogP contribution < -0.4 is 11.3 Å². The lowest BCUT2D eigenvalue weighted by Crippen LogP contribution is -2.45. The highest BCUT2D eigenvalue weighted by molar-refractivity contribution is 7.09. The highest BCUT2D eigenvalue weighted by atomic mass is 32.1. The van der Waals surface area contributed by atoms with E-state index >= 15 is 0 Å². The van der Waals surface area contributed by atoms with E-state index in [4.69, 9.17) is 5.84 Å². The van der Waals surface area contributed by atoms with Gasteiger partial charge in [-0.1, -0.05) is 19.9 Å². The second-order valence-electron chi connectivity index (χ2n) is 4.18. The SMILES string of the molecule is CCN(Cc1cccs1)C(C)C(C)C(=O)NN. The average molecular weight is 255 g/mol. The molecule has 96 valence electrons. The minimum absolute atomic E-state index is 0.109. The van der Waals surface area contributed by atoms with Crippen molar-refractivity contribution < 1.29 is 4.79 Å². The summed E-state index contributed by atoms with van der Waals surface area (Å²) in [4.78, 5) is 15.1. The van der Waals surface area contributed by atoms with Crippen LogP contribution in [-0.4, -0.2) is 23.4 Å². The number of hydrazine groups is 1. The topological polar surface area (TPSA) is 58.4 Å². The molecule has 0 aliphatic rings. The van der Waals surface area contributed by atoms with Crippen molar-refractivity contribution in [3.8, 4) is 0 Å². The van der Waals surface area contributed by atoms with E-state index in [1.165, 1.54) is 4.88 Å². The summed E-state index contributed by atoms with van der Waals surface area (Å²) in [6.07, 6.45) is 0. The summed E-state index contributed by atoms with van der Waals surface area (Å²) in [6, 6.07) is 4.34. The largest absolute Gasteiger partial charge is 0.295 e. The second kappa shape index (κ2) is 6.74. The Labute approximate surface area is 107 Å². The van der Waals surface area contributed by atoms with Gasteiger partial charge in [-0.25, -0.2) is 5.84 Å². The first-order chi connectivity index (χ1) is 8.10. The molecule has 4 nitrogen and oxygen atoms in total. The lowest BCUT2D eigenvalue weighted by Gasteiger charge is -2.30. The number of nitrogens with one attached hydrogen (secondary N) is 1. The fourth-order valence-corrected chi connectivity index (χ4v) is 2.54. The van der Waals surface area contributed by atoms with Gasteiger partial charge in [-0.05, 0) is 24.9 Å². The van der Waals surface area contributed by atoms with E-state index in [-0.39, 0.29) is 17.9 Å². The van der Waals surface area contributed by atoms with E-state index in [0.717, 1.165) is 13.1 Å². The molecule has 0 saturated heterocycles. The summed E-state index contributed by atoms with van der Waals surface area (Å²) in [5.74, 6) is 4.95. The molecule has 0 spiro atoms. The zero-order valence-electron chi connectivity index (χ0n) is 10.6. The third kappa shape index (κ3) is 3.80. The summed E-state index contributed by atoms with van der Waals surface area (Å²) in [7, 11) is 0. The Balaban J connectivity index is 2.63. The molecule has 1 aromatic rings. The van der Waals surface area contributed by atoms with Crippen LogP contribution >= 0.6 is 11.3 Å². The van der Waals surface area contributed by atoms with Crippen molar-refractivity contribution in [2.45, 2.75) is 33.4 Å². The Morgan fingerprint density at radius 2 is 2.29 bits per heavy atom. The van der Waals surface area contributed by atoms with Gasteiger partial charge in [0.1, 0.15) is 0 Å². The number of rotatable bonds is 6. The second-order valence-corrected chi connectivity index (χ2v) is 5.21. The number of carbonyl (C=O) groups excluding carboxylic acids is 1. The zero-order chi connectivity index (χ0) is 12.8. The van der Waals surface area contributed by atoms with Gasteiger partial charge < -0.3 is 0 Å². The lowest BCUT2D eigenvalue weighted by atomic mass is 10.0. The maximum absolute atomic E-state index is 11.5. The van der Waals surface area contributed by atoms with Gasteiger partial charge in [0.05, 0.1) is 5.92 Å². The molecular weight excluding hydrogens is 234 g/mol. The van der Waals surface area contributed by atoms with Crippen molar-refractivity contribution in [3.63, 3.8) is 0 Å². The molecule has 5 heteroatoms. The minimum atomic E-state index is -0.111. The van der Waals surface area contributed by atoms with E-state index in [2.05, 4.69) is 41.7 Å². The molecule has 2 atom stereocenters. The van der Waals surface area contributed by atoms with Crippen LogP contribution in [0.25, 0.3) is 0 Å². The van der Waals surface area contributed by atoms with E-state index in [0.29, 0.717) is 0 Å². The van der Waals surface area contributed by atoms with Gasteiger partial charge in [0.25, 0.3) is 0 Å². The predicted molar refractivity (Wildman–Crippen MR) is 71.4 cm³/mol. The molecule has 1 rings (SSSR count). The Hall–Kier alpha value is -0.910. The standard InChI is InChI=1S/C12H21N3OS/c1-4-15(8-11-6-5-7-17-11)10(3)9(2)12(16)14-13/h5-7,9-10H,4,8,13H2,1-3H3,(H,14,16). The van der Waals surface area contributed by atoms with Crippen LogP contribution in [0.2, 0.25) is 0 Å². The minimum Gasteiger partial charge on any atom is -0.295 e. The molecule has 17 heavy (non-hydrogen) atoms. The first kappa shape index (κ1) is 14.2. The Morgan fingerprint density at radius 3 is 2.76 bits per heavy atom. The van der Waals surface area contributed by atoms with E-state index in [1.54, 1.807) is 11.3 Å². The van der Waals surface area contributed by atoms with Crippen molar-refractivity contribution in [1.82, 2.24) is 10.3 Å². The van der Waals surface area contributed by atoms with E-state index in [1.807, 2.05) is 6.92 Å². The molecule has 0 aliphatic heterocycles. The van der Waals surface area contributed by atoms with Crippen LogP contribution in [0.1, 0.15) is 25.6 Å². The van der Waals surface area contributed by atoms with E-state index in [9.17, 15) is 4.79 Å². The molecule has 1 aromatic heterocycles. The molecule has 0 aliphatic carbocycles. The lowest BCUT2D eigenvalue weighted by molar-refractivity contribution is -0.126. The Bertz CT molecular complexity index is 340. The molecule has 0 saturated carbocycles. The van der Waals surface area contributed by atoms with Crippen molar-refractivity contribution in [1.29, 1.82) is 0 Å². The quantitative estimate of drug-likeness (QED) is 0.461. The molecule has 1 amide bonds. The van der Waals surface area contributed by atoms with Crippen molar-refractivity contribution in [2.75, 3.05) is 6.54 Å².